The van der Waals surface area contributed by atoms with E-state index in [0.29, 0.717) is 11.4 Å². The number of hydrogen-bond acceptors (Lipinski definition) is 6. The maximum atomic E-state index is 14.0. The predicted octanol–water partition coefficient (Wildman–Crippen LogP) is 2.89. The van der Waals surface area contributed by atoms with Gasteiger partial charge in [0, 0.05) is 24.8 Å². The molecule has 10 heteroatoms. The molecule has 2 aromatic carbocycles. The summed E-state index contributed by atoms with van der Waals surface area (Å²) in [5, 5.41) is 40.5. The van der Waals surface area contributed by atoms with Crippen LogP contribution in [-0.2, 0) is 4.79 Å². The lowest BCUT2D eigenvalue weighted by Crippen LogP contribution is -2.41. The van der Waals surface area contributed by atoms with Crippen LogP contribution in [0.15, 0.2) is 42.0 Å². The zero-order valence-corrected chi connectivity index (χ0v) is 19.2. The van der Waals surface area contributed by atoms with Gasteiger partial charge < -0.3 is 25.5 Å². The first-order valence-electron chi connectivity index (χ1n) is 11.3. The molecular weight excluding hydrogens is 463 g/mol. The van der Waals surface area contributed by atoms with Gasteiger partial charge in [-0.15, -0.1) is 0 Å². The molecule has 3 rings (SSSR count). The average molecular weight is 492 g/mol. The van der Waals surface area contributed by atoms with Crippen molar-refractivity contribution in [3.63, 3.8) is 0 Å². The normalized spacial score (nSPS) is 19.0. The number of hydrogen-bond donors (Lipinski definition) is 4. The van der Waals surface area contributed by atoms with Crippen LogP contribution in [0, 0.1) is 11.3 Å². The molecule has 2 aromatic rings. The Morgan fingerprint density at radius 1 is 1.17 bits per heavy atom. The van der Waals surface area contributed by atoms with E-state index in [9.17, 15) is 33.4 Å². The molecule has 4 N–H and O–H groups in total. The Balaban J connectivity index is 1.96. The molecule has 7 nitrogen and oxygen atoms in total. The van der Waals surface area contributed by atoms with E-state index in [1.54, 1.807) is 6.07 Å². The Kier molecular flexibility index (Phi) is 8.38. The number of benzene rings is 2. The van der Waals surface area contributed by atoms with Crippen LogP contribution < -0.4 is 10.2 Å². The fourth-order valence-corrected chi connectivity index (χ4v) is 4.26. The summed E-state index contributed by atoms with van der Waals surface area (Å²) in [6, 6.07) is 11.2. The number of halogens is 3. The van der Waals surface area contributed by atoms with Gasteiger partial charge in [-0.25, -0.2) is 0 Å². The van der Waals surface area contributed by atoms with Gasteiger partial charge >= 0.3 is 6.18 Å². The molecule has 0 aliphatic carbocycles. The van der Waals surface area contributed by atoms with Crippen molar-refractivity contribution in [3.8, 4) is 6.07 Å². The van der Waals surface area contributed by atoms with Crippen molar-refractivity contribution >= 4 is 27.9 Å². The van der Waals surface area contributed by atoms with Crippen molar-refractivity contribution in [2.75, 3.05) is 24.6 Å². The topological polar surface area (TPSA) is 117 Å². The van der Waals surface area contributed by atoms with E-state index in [4.69, 9.17) is 5.11 Å². The van der Waals surface area contributed by atoms with Crippen molar-refractivity contribution in [2.24, 2.45) is 0 Å². The third-order valence-electron chi connectivity index (χ3n) is 6.22. The van der Waals surface area contributed by atoms with Crippen molar-refractivity contribution in [2.45, 2.75) is 50.6 Å². The van der Waals surface area contributed by atoms with E-state index in [1.807, 2.05) is 17.4 Å². The molecule has 3 atom stereocenters. The summed E-state index contributed by atoms with van der Waals surface area (Å²) in [7, 11) is 0. The molecule has 0 spiro atoms. The lowest BCUT2D eigenvalue weighted by molar-refractivity contribution is -0.118. The van der Waals surface area contributed by atoms with Gasteiger partial charge in [0.25, 0.3) is 5.91 Å². The monoisotopic (exact) mass is 491 g/mol. The van der Waals surface area contributed by atoms with Gasteiger partial charge in [0.05, 0.1) is 18.3 Å². The van der Waals surface area contributed by atoms with Crippen molar-refractivity contribution in [3.05, 3.63) is 47.5 Å². The maximum Gasteiger partial charge on any atom is 0.418 e. The summed E-state index contributed by atoms with van der Waals surface area (Å²) >= 11 is 0. The minimum Gasteiger partial charge on any atom is -0.394 e. The Morgan fingerprint density at radius 2 is 1.86 bits per heavy atom. The highest BCUT2D eigenvalue weighted by Crippen LogP contribution is 2.38. The molecule has 1 fully saturated rings. The van der Waals surface area contributed by atoms with Crippen LogP contribution in [-0.4, -0.2) is 65.3 Å². The Hall–Kier alpha value is -3.13. The number of nitrogens with zero attached hydrogens (tertiary/aromatic N) is 2. The number of fused-ring (bicyclic) bond motifs is 1. The molecule has 0 radical (unpaired) electrons. The second kappa shape index (κ2) is 11.1. The molecule has 188 valence electrons. The van der Waals surface area contributed by atoms with Gasteiger partial charge in [-0.3, -0.25) is 4.79 Å². The summed E-state index contributed by atoms with van der Waals surface area (Å²) in [6.45, 7) is 1.61. The smallest absolute Gasteiger partial charge is 0.394 e. The third-order valence-corrected chi connectivity index (χ3v) is 6.22. The Bertz CT molecular complexity index is 1140. The lowest BCUT2D eigenvalue weighted by Gasteiger charge is -2.35. The molecule has 0 saturated carbocycles. The SMILES string of the molecule is CC1CCCCN1c1ccc2cc(/C(=C(\C#N)C(=O)NCC(O)C(O)CO)C(F)(F)F)ccc2c1. The summed E-state index contributed by atoms with van der Waals surface area (Å²) in [4.78, 5) is 14.7. The Morgan fingerprint density at radius 3 is 2.49 bits per heavy atom. The summed E-state index contributed by atoms with van der Waals surface area (Å²) in [5.41, 5.74) is -1.91. The fraction of sp³-hybridized carbons (Fsp3) is 0.440. The number of carbonyl (C=O) groups excluding carboxylic acids is 1. The molecule has 0 bridgehead atoms. The molecule has 3 unspecified atom stereocenters. The number of nitrogens with one attached hydrogen (secondary N) is 1. The van der Waals surface area contributed by atoms with Gasteiger partial charge in [-0.2, -0.15) is 18.4 Å². The number of alkyl halides is 3. The highest BCUT2D eigenvalue weighted by atomic mass is 19.4. The third kappa shape index (κ3) is 6.11. The van der Waals surface area contributed by atoms with Crippen molar-refractivity contribution in [1.82, 2.24) is 5.32 Å². The second-order valence-corrected chi connectivity index (χ2v) is 8.67. The summed E-state index contributed by atoms with van der Waals surface area (Å²) in [6.07, 6.45) is -4.90. The van der Waals surface area contributed by atoms with Crippen LogP contribution in [0.1, 0.15) is 31.7 Å². The Labute approximate surface area is 201 Å². The number of aliphatic hydroxyl groups is 3. The molecule has 0 aromatic heterocycles. The first-order chi connectivity index (χ1) is 16.6. The number of carbonyl (C=O) groups is 1. The zero-order chi connectivity index (χ0) is 25.8. The van der Waals surface area contributed by atoms with Gasteiger partial charge in [-0.05, 0) is 60.7 Å². The summed E-state index contributed by atoms with van der Waals surface area (Å²) < 4.78 is 42.1. The predicted molar refractivity (Wildman–Crippen MR) is 125 cm³/mol. The molecule has 1 amide bonds. The van der Waals surface area contributed by atoms with Crippen LogP contribution in [0.5, 0.6) is 0 Å². The van der Waals surface area contributed by atoms with Gasteiger partial charge in [0.2, 0.25) is 0 Å². The molecule has 35 heavy (non-hydrogen) atoms. The highest BCUT2D eigenvalue weighted by molar-refractivity contribution is 6.06. The second-order valence-electron chi connectivity index (χ2n) is 8.67. The minimum absolute atomic E-state index is 0.341. The van der Waals surface area contributed by atoms with Crippen LogP contribution in [0.2, 0.25) is 0 Å². The first-order valence-corrected chi connectivity index (χ1v) is 11.3. The highest BCUT2D eigenvalue weighted by Gasteiger charge is 2.39. The molecule has 1 heterocycles. The number of aliphatic hydroxyl groups excluding tert-OH is 3. The standard InChI is InChI=1S/C25H28F3N3O4/c1-15-4-2-3-9-31(15)19-8-7-16-10-18(6-5-17(16)11-19)23(25(26,27)28)20(12-29)24(35)30-13-21(33)22(34)14-32/h5-8,10-11,15,21-22,32-34H,2-4,9,13-14H2,1H3,(H,30,35)/b23-20-. The van der Waals surface area contributed by atoms with Crippen LogP contribution in [0.3, 0.4) is 0 Å². The fourth-order valence-electron chi connectivity index (χ4n) is 4.26. The number of allylic oxidation sites excluding steroid dienone is 1. The van der Waals surface area contributed by atoms with E-state index < -0.39 is 48.6 Å². The quantitative estimate of drug-likeness (QED) is 0.350. The van der Waals surface area contributed by atoms with Crippen molar-refractivity contribution in [1.29, 1.82) is 5.26 Å². The van der Waals surface area contributed by atoms with Gasteiger partial charge in [-0.1, -0.05) is 18.2 Å². The first kappa shape index (κ1) is 26.5. The average Bonchev–Trinajstić information content (AvgIpc) is 2.83. The summed E-state index contributed by atoms with van der Waals surface area (Å²) in [5.74, 6) is -1.35. The number of amides is 1. The van der Waals surface area contributed by atoms with Gasteiger partial charge in [0.1, 0.15) is 17.7 Å². The number of piperidine rings is 1. The van der Waals surface area contributed by atoms with E-state index in [1.165, 1.54) is 24.3 Å². The van der Waals surface area contributed by atoms with E-state index in [0.717, 1.165) is 36.9 Å². The number of nitriles is 1. The number of anilines is 1. The van der Waals surface area contributed by atoms with E-state index in [2.05, 4.69) is 11.8 Å². The molecule has 1 aliphatic rings. The van der Waals surface area contributed by atoms with E-state index >= 15 is 0 Å². The van der Waals surface area contributed by atoms with Crippen LogP contribution in [0.4, 0.5) is 18.9 Å². The minimum atomic E-state index is -5.01. The largest absolute Gasteiger partial charge is 0.418 e. The molecule has 1 aliphatic heterocycles. The molecular formula is C25H28F3N3O4. The maximum absolute atomic E-state index is 14.0. The molecule has 1 saturated heterocycles. The van der Waals surface area contributed by atoms with Crippen molar-refractivity contribution < 1.29 is 33.3 Å². The van der Waals surface area contributed by atoms with Crippen LogP contribution in [0.25, 0.3) is 16.3 Å². The van der Waals surface area contributed by atoms with Gasteiger partial charge in [0.15, 0.2) is 0 Å². The van der Waals surface area contributed by atoms with E-state index in [-0.39, 0.29) is 5.56 Å². The zero-order valence-electron chi connectivity index (χ0n) is 19.2. The van der Waals surface area contributed by atoms with Crippen LogP contribution >= 0.6 is 0 Å². The lowest BCUT2D eigenvalue weighted by atomic mass is 9.95. The number of rotatable bonds is 7.